The van der Waals surface area contributed by atoms with Gasteiger partial charge in [-0.25, -0.2) is 0 Å². The van der Waals surface area contributed by atoms with Gasteiger partial charge in [0.2, 0.25) is 0 Å². The monoisotopic (exact) mass is 944 g/mol. The second kappa shape index (κ2) is 14.7. The van der Waals surface area contributed by atoms with Gasteiger partial charge in [0.05, 0.1) is 22.3 Å². The fraction of sp³-hybridized carbons (Fsp3) is 0.308. The molecule has 2 aliphatic heterocycles. The van der Waals surface area contributed by atoms with E-state index in [4.69, 9.17) is 4.74 Å². The number of aryl methyl sites for hydroxylation is 3. The fourth-order valence-corrected chi connectivity index (χ4v) is 12.4. The Labute approximate surface area is 381 Å². The minimum absolute atomic E-state index is 0.0255. The van der Waals surface area contributed by atoms with Crippen molar-refractivity contribution in [3.63, 3.8) is 0 Å². The van der Waals surface area contributed by atoms with Gasteiger partial charge in [-0.3, -0.25) is 4.79 Å². The number of aromatic nitrogens is 1. The molecule has 0 fully saturated rings. The van der Waals surface area contributed by atoms with E-state index in [9.17, 15) is 44.3 Å². The summed E-state index contributed by atoms with van der Waals surface area (Å²) in [7, 11) is 0. The summed E-state index contributed by atoms with van der Waals surface area (Å²) in [4.78, 5) is 13.5. The first kappa shape index (κ1) is 44.3. The van der Waals surface area contributed by atoms with Crippen LogP contribution in [-0.2, 0) is 42.6 Å². The number of benzene rings is 6. The Morgan fingerprint density at radius 2 is 1.15 bits per heavy atom. The number of allylic oxidation sites excluding steroid dienone is 2. The maximum absolute atomic E-state index is 16.9. The summed E-state index contributed by atoms with van der Waals surface area (Å²) in [5, 5.41) is -1.73. The lowest BCUT2D eigenvalue weighted by Gasteiger charge is -2.35. The van der Waals surface area contributed by atoms with Crippen LogP contribution in [0.1, 0.15) is 107 Å². The SMILES string of the molecule is CC1=[N+]2C(=C(c3c(C)cc(OC(=O)CCCc4ccc5c6ccc(C(F)(F)F)c7c(C(F)(F)F)ccc(c8ccc(C(F)(F)F)c4c58)c76)cc3C)c3c4c(c(C)n3[B-]2(F)F)CCC4)C2=C1CCC2. The van der Waals surface area contributed by atoms with Gasteiger partial charge >= 0.3 is 31.5 Å². The first-order valence-electron chi connectivity index (χ1n) is 22.6. The number of ether oxygens (including phenoxy) is 1. The van der Waals surface area contributed by atoms with Crippen molar-refractivity contribution in [1.82, 2.24) is 4.48 Å². The Balaban J connectivity index is 0.934. The van der Waals surface area contributed by atoms with Gasteiger partial charge < -0.3 is 22.3 Å². The third-order valence-corrected chi connectivity index (χ3v) is 14.9. The molecular formula is C52H40BF11N2O2. The molecule has 0 spiro atoms. The van der Waals surface area contributed by atoms with Crippen molar-refractivity contribution in [1.29, 1.82) is 0 Å². The molecule has 4 nitrogen and oxygen atoms in total. The molecular weight excluding hydrogens is 904 g/mol. The van der Waals surface area contributed by atoms with Gasteiger partial charge in [0.15, 0.2) is 5.70 Å². The molecule has 0 amide bonds. The van der Waals surface area contributed by atoms with Crippen LogP contribution in [0.15, 0.2) is 77.5 Å². The third-order valence-electron chi connectivity index (χ3n) is 14.9. The zero-order valence-corrected chi connectivity index (χ0v) is 37.1. The number of esters is 1. The number of nitrogens with zero attached hydrogens (tertiary/aromatic N) is 2. The van der Waals surface area contributed by atoms with Gasteiger partial charge in [0.25, 0.3) is 0 Å². The molecule has 11 rings (SSSR count). The van der Waals surface area contributed by atoms with Gasteiger partial charge in [-0.1, -0.05) is 30.3 Å². The molecule has 0 atom stereocenters. The Bertz CT molecular complexity index is 3420. The van der Waals surface area contributed by atoms with Gasteiger partial charge in [0, 0.05) is 35.6 Å². The molecule has 1 aromatic heterocycles. The molecule has 6 aromatic carbocycles. The van der Waals surface area contributed by atoms with Crippen molar-refractivity contribution in [2.24, 2.45) is 0 Å². The highest BCUT2D eigenvalue weighted by molar-refractivity contribution is 6.58. The molecule has 16 heteroatoms. The highest BCUT2D eigenvalue weighted by atomic mass is 19.4. The normalized spacial score (nSPS) is 17.2. The predicted molar refractivity (Wildman–Crippen MR) is 240 cm³/mol. The van der Waals surface area contributed by atoms with Crippen LogP contribution in [0.5, 0.6) is 5.75 Å². The lowest BCUT2D eigenvalue weighted by molar-refractivity contribution is -0.364. The summed E-state index contributed by atoms with van der Waals surface area (Å²) in [5.74, 6) is -0.460. The average molecular weight is 945 g/mol. The molecule has 0 bridgehead atoms. The van der Waals surface area contributed by atoms with Crippen molar-refractivity contribution in [3.8, 4) is 5.75 Å². The quantitative estimate of drug-likeness (QED) is 0.0416. The van der Waals surface area contributed by atoms with Crippen LogP contribution in [0, 0.1) is 20.8 Å². The number of fused-ring (bicyclic) bond motifs is 7. The minimum Gasteiger partial charge on any atom is -0.427 e. The molecule has 350 valence electrons. The summed E-state index contributed by atoms with van der Waals surface area (Å²) in [6.07, 6.45) is -10.9. The smallest absolute Gasteiger partial charge is 0.427 e. The summed E-state index contributed by atoms with van der Waals surface area (Å²) < 4.78 is 172. The average Bonchev–Trinajstić information content (AvgIpc) is 4.04. The number of halogens is 11. The van der Waals surface area contributed by atoms with Crippen molar-refractivity contribution in [3.05, 3.63) is 139 Å². The van der Waals surface area contributed by atoms with E-state index in [-0.39, 0.29) is 68.3 Å². The largest absolute Gasteiger partial charge is 0.737 e. The van der Waals surface area contributed by atoms with E-state index in [0.29, 0.717) is 58.9 Å². The Hall–Kier alpha value is -6.19. The molecule has 4 aliphatic rings. The van der Waals surface area contributed by atoms with E-state index in [2.05, 4.69) is 0 Å². The summed E-state index contributed by atoms with van der Waals surface area (Å²) >= 11 is 0. The standard InChI is InChI=1S/C52H40BF11N2O2/c1-24-22-29(23-25(2)42(24)47-48-36-11-6-9-30(36)26(3)65(48)53(63,64)66-27(4)31-10-7-12-37(31)49(47)66)68-41(67)13-5-8-28-14-15-32-34-17-20-39(51(57,58)59)46-40(52(60,61)62)21-18-35(45(34)46)33-16-19-38(50(54,55)56)43(28)44(32)33/h14-23H,5-13H2,1-4H3. The molecule has 3 heterocycles. The van der Waals surface area contributed by atoms with E-state index >= 15 is 8.63 Å². The molecule has 0 saturated carbocycles. The van der Waals surface area contributed by atoms with Crippen LogP contribution < -0.4 is 4.74 Å². The number of alkyl halides is 9. The summed E-state index contributed by atoms with van der Waals surface area (Å²) in [6.45, 7) is 3.07. The summed E-state index contributed by atoms with van der Waals surface area (Å²) in [6, 6.07) is 11.1. The van der Waals surface area contributed by atoms with Gasteiger partial charge in [-0.15, -0.1) is 0 Å². The first-order chi connectivity index (χ1) is 32.0. The van der Waals surface area contributed by atoms with Gasteiger partial charge in [-0.2, -0.15) is 39.5 Å². The van der Waals surface area contributed by atoms with Crippen molar-refractivity contribution >= 4 is 67.3 Å². The molecule has 0 radical (unpaired) electrons. The Morgan fingerprint density at radius 1 is 0.647 bits per heavy atom. The van der Waals surface area contributed by atoms with E-state index in [0.717, 1.165) is 83.4 Å². The van der Waals surface area contributed by atoms with Crippen molar-refractivity contribution < 1.29 is 62.2 Å². The summed E-state index contributed by atoms with van der Waals surface area (Å²) in [5.41, 5.74) is 5.14. The van der Waals surface area contributed by atoms with Crippen molar-refractivity contribution in [2.45, 2.75) is 104 Å². The Kier molecular flexibility index (Phi) is 9.56. The van der Waals surface area contributed by atoms with Crippen molar-refractivity contribution in [2.75, 3.05) is 0 Å². The number of hydrogen-bond donors (Lipinski definition) is 0. The zero-order valence-electron chi connectivity index (χ0n) is 37.1. The maximum Gasteiger partial charge on any atom is 0.737 e. The lowest BCUT2D eigenvalue weighted by Crippen LogP contribution is -2.52. The van der Waals surface area contributed by atoms with Gasteiger partial charge in [0.1, 0.15) is 11.5 Å². The molecule has 2 aliphatic carbocycles. The van der Waals surface area contributed by atoms with Crippen LogP contribution in [-0.4, -0.2) is 27.6 Å². The van der Waals surface area contributed by atoms with E-state index in [1.54, 1.807) is 26.0 Å². The first-order valence-corrected chi connectivity index (χ1v) is 22.6. The molecule has 68 heavy (non-hydrogen) atoms. The van der Waals surface area contributed by atoms with Crippen LogP contribution in [0.3, 0.4) is 0 Å². The maximum atomic E-state index is 16.9. The number of hydrogen-bond acceptors (Lipinski definition) is 2. The predicted octanol–water partition coefficient (Wildman–Crippen LogP) is 14.9. The molecule has 7 aromatic rings. The van der Waals surface area contributed by atoms with E-state index in [1.165, 1.54) is 21.1 Å². The van der Waals surface area contributed by atoms with Crippen LogP contribution in [0.25, 0.3) is 48.7 Å². The zero-order chi connectivity index (χ0) is 48.3. The second-order valence-corrected chi connectivity index (χ2v) is 18.7. The number of carbonyl (C=O) groups is 1. The van der Waals surface area contributed by atoms with Crippen LogP contribution in [0.2, 0.25) is 0 Å². The minimum atomic E-state index is -5.17. The highest BCUT2D eigenvalue weighted by Crippen LogP contribution is 2.54. The molecule has 0 N–H and O–H groups in total. The Morgan fingerprint density at radius 3 is 1.72 bits per heavy atom. The molecule has 0 unspecified atom stereocenters. The van der Waals surface area contributed by atoms with Gasteiger partial charge in [-0.05, 0) is 179 Å². The van der Waals surface area contributed by atoms with Crippen LogP contribution >= 0.6 is 0 Å². The van der Waals surface area contributed by atoms with E-state index in [1.807, 2.05) is 13.8 Å². The third kappa shape index (κ3) is 6.26. The van der Waals surface area contributed by atoms with E-state index < -0.39 is 53.5 Å². The molecule has 0 saturated heterocycles. The highest BCUT2D eigenvalue weighted by Gasteiger charge is 2.58. The topological polar surface area (TPSA) is 34.2 Å². The second-order valence-electron chi connectivity index (χ2n) is 18.7. The lowest BCUT2D eigenvalue weighted by atomic mass is 9.81. The number of carbonyl (C=O) groups excluding carboxylic acids is 1. The fourth-order valence-electron chi connectivity index (χ4n) is 12.4. The number of rotatable bonds is 6. The van der Waals surface area contributed by atoms with Crippen LogP contribution in [0.4, 0.5) is 48.1 Å².